The van der Waals surface area contributed by atoms with E-state index in [0.717, 1.165) is 19.4 Å². The number of rotatable bonds is 5. The van der Waals surface area contributed by atoms with Crippen LogP contribution in [0.2, 0.25) is 0 Å². The maximum atomic E-state index is 6.20. The summed E-state index contributed by atoms with van der Waals surface area (Å²) in [4.78, 5) is 8.55. The van der Waals surface area contributed by atoms with E-state index in [9.17, 15) is 0 Å². The van der Waals surface area contributed by atoms with Gasteiger partial charge in [0.15, 0.2) is 0 Å². The third-order valence-corrected chi connectivity index (χ3v) is 3.65. The van der Waals surface area contributed by atoms with Crippen LogP contribution < -0.4 is 10.1 Å². The molecular formula is C14H22ClN3O. The summed E-state index contributed by atoms with van der Waals surface area (Å²) in [6, 6.07) is 1.78. The lowest BCUT2D eigenvalue weighted by molar-refractivity contribution is 0.232. The fourth-order valence-electron chi connectivity index (χ4n) is 2.38. The summed E-state index contributed by atoms with van der Waals surface area (Å²) < 4.78 is 5.55. The van der Waals surface area contributed by atoms with E-state index in [0.29, 0.717) is 23.1 Å². The predicted molar refractivity (Wildman–Crippen MR) is 77.9 cm³/mol. The zero-order valence-electron chi connectivity index (χ0n) is 11.6. The average molecular weight is 284 g/mol. The van der Waals surface area contributed by atoms with Gasteiger partial charge in [-0.1, -0.05) is 6.42 Å². The summed E-state index contributed by atoms with van der Waals surface area (Å²) in [6.45, 7) is 4.85. The monoisotopic (exact) mass is 283 g/mol. The lowest BCUT2D eigenvalue weighted by Gasteiger charge is -2.25. The molecule has 1 aromatic rings. The Morgan fingerprint density at radius 1 is 1.47 bits per heavy atom. The lowest BCUT2D eigenvalue weighted by atomic mass is 9.89. The Morgan fingerprint density at radius 3 is 3.05 bits per heavy atom. The molecule has 0 aromatic carbocycles. The zero-order valence-corrected chi connectivity index (χ0v) is 12.4. The SMILES string of the molecule is CC(C)Oc1ccnc(NCC2CCCC(Cl)C2)n1. The summed E-state index contributed by atoms with van der Waals surface area (Å²) >= 11 is 6.20. The molecule has 0 saturated heterocycles. The molecule has 5 heteroatoms. The largest absolute Gasteiger partial charge is 0.475 e. The quantitative estimate of drug-likeness (QED) is 0.841. The van der Waals surface area contributed by atoms with Crippen LogP contribution in [0.4, 0.5) is 5.95 Å². The van der Waals surface area contributed by atoms with Gasteiger partial charge in [-0.15, -0.1) is 11.6 Å². The first-order chi connectivity index (χ1) is 9.13. The molecule has 2 atom stereocenters. The third kappa shape index (κ3) is 4.86. The highest BCUT2D eigenvalue weighted by molar-refractivity contribution is 6.20. The second kappa shape index (κ2) is 6.94. The van der Waals surface area contributed by atoms with Crippen LogP contribution >= 0.6 is 11.6 Å². The number of halogens is 1. The molecule has 1 saturated carbocycles. The molecule has 4 nitrogen and oxygen atoms in total. The highest BCUT2D eigenvalue weighted by atomic mass is 35.5. The van der Waals surface area contributed by atoms with Crippen molar-refractivity contribution in [2.45, 2.75) is 51.0 Å². The van der Waals surface area contributed by atoms with Gasteiger partial charge in [-0.3, -0.25) is 0 Å². The van der Waals surface area contributed by atoms with E-state index in [4.69, 9.17) is 16.3 Å². The molecule has 0 radical (unpaired) electrons. The minimum absolute atomic E-state index is 0.123. The smallest absolute Gasteiger partial charge is 0.225 e. The normalized spacial score (nSPS) is 23.4. The molecule has 2 rings (SSSR count). The first-order valence-electron chi connectivity index (χ1n) is 7.01. The molecule has 0 bridgehead atoms. The van der Waals surface area contributed by atoms with Crippen LogP contribution in [0, 0.1) is 5.92 Å². The van der Waals surface area contributed by atoms with Crippen molar-refractivity contribution in [1.29, 1.82) is 0 Å². The van der Waals surface area contributed by atoms with Gasteiger partial charge in [-0.05, 0) is 39.0 Å². The molecule has 2 unspecified atom stereocenters. The van der Waals surface area contributed by atoms with Gasteiger partial charge in [0.25, 0.3) is 0 Å². The number of nitrogens with zero attached hydrogens (tertiary/aromatic N) is 2. The third-order valence-electron chi connectivity index (χ3n) is 3.25. The van der Waals surface area contributed by atoms with Gasteiger partial charge in [0.2, 0.25) is 11.8 Å². The van der Waals surface area contributed by atoms with E-state index in [1.54, 1.807) is 12.3 Å². The van der Waals surface area contributed by atoms with Crippen LogP contribution in [0.25, 0.3) is 0 Å². The van der Waals surface area contributed by atoms with Crippen LogP contribution in [0.3, 0.4) is 0 Å². The number of hydrogen-bond acceptors (Lipinski definition) is 4. The van der Waals surface area contributed by atoms with E-state index in [1.165, 1.54) is 12.8 Å². The number of nitrogens with one attached hydrogen (secondary N) is 1. The first kappa shape index (κ1) is 14.4. The van der Waals surface area contributed by atoms with Crippen molar-refractivity contribution in [2.75, 3.05) is 11.9 Å². The fraction of sp³-hybridized carbons (Fsp3) is 0.714. The molecule has 0 spiro atoms. The highest BCUT2D eigenvalue weighted by Gasteiger charge is 2.20. The van der Waals surface area contributed by atoms with Crippen molar-refractivity contribution < 1.29 is 4.74 Å². The number of alkyl halides is 1. The van der Waals surface area contributed by atoms with E-state index in [1.807, 2.05) is 13.8 Å². The number of anilines is 1. The Balaban J connectivity index is 1.85. The molecule has 106 valence electrons. The van der Waals surface area contributed by atoms with E-state index in [2.05, 4.69) is 15.3 Å². The molecule has 1 N–H and O–H groups in total. The molecule has 1 aliphatic rings. The summed E-state index contributed by atoms with van der Waals surface area (Å²) in [5.41, 5.74) is 0. The van der Waals surface area contributed by atoms with Crippen LogP contribution in [0.1, 0.15) is 39.5 Å². The Kier molecular flexibility index (Phi) is 5.25. The van der Waals surface area contributed by atoms with Crippen molar-refractivity contribution in [3.63, 3.8) is 0 Å². The second-order valence-electron chi connectivity index (χ2n) is 5.40. The van der Waals surface area contributed by atoms with Gasteiger partial charge in [0.1, 0.15) is 0 Å². The van der Waals surface area contributed by atoms with Crippen LogP contribution in [0.5, 0.6) is 5.88 Å². The maximum Gasteiger partial charge on any atom is 0.225 e. The minimum Gasteiger partial charge on any atom is -0.475 e. The topological polar surface area (TPSA) is 47.0 Å². The van der Waals surface area contributed by atoms with Gasteiger partial charge in [-0.25, -0.2) is 4.98 Å². The standard InChI is InChI=1S/C14H22ClN3O/c1-10(2)19-13-6-7-16-14(18-13)17-9-11-4-3-5-12(15)8-11/h6-7,10-12H,3-5,8-9H2,1-2H3,(H,16,17,18). The van der Waals surface area contributed by atoms with E-state index >= 15 is 0 Å². The maximum absolute atomic E-state index is 6.20. The van der Waals surface area contributed by atoms with E-state index < -0.39 is 0 Å². The Labute approximate surface area is 119 Å². The van der Waals surface area contributed by atoms with Crippen molar-refractivity contribution in [3.05, 3.63) is 12.3 Å². The second-order valence-corrected chi connectivity index (χ2v) is 6.01. The Hall–Kier alpha value is -1.03. The fourth-order valence-corrected chi connectivity index (χ4v) is 2.79. The van der Waals surface area contributed by atoms with E-state index in [-0.39, 0.29) is 6.10 Å². The molecule has 1 heterocycles. The molecule has 19 heavy (non-hydrogen) atoms. The van der Waals surface area contributed by atoms with Gasteiger partial charge in [-0.2, -0.15) is 4.98 Å². The Bertz CT molecular complexity index is 400. The zero-order chi connectivity index (χ0) is 13.7. The number of hydrogen-bond donors (Lipinski definition) is 1. The van der Waals surface area contributed by atoms with Crippen molar-refractivity contribution >= 4 is 17.5 Å². The van der Waals surface area contributed by atoms with Crippen LogP contribution in [-0.2, 0) is 0 Å². The summed E-state index contributed by atoms with van der Waals surface area (Å²) in [6.07, 6.45) is 6.52. The summed E-state index contributed by atoms with van der Waals surface area (Å²) in [5.74, 6) is 1.87. The predicted octanol–water partition coefficient (Wildman–Crippen LogP) is 3.47. The molecular weight excluding hydrogens is 262 g/mol. The lowest BCUT2D eigenvalue weighted by Crippen LogP contribution is -2.23. The molecule has 0 amide bonds. The van der Waals surface area contributed by atoms with Gasteiger partial charge in [0, 0.05) is 24.2 Å². The average Bonchev–Trinajstić information content (AvgIpc) is 2.36. The van der Waals surface area contributed by atoms with Crippen molar-refractivity contribution in [2.24, 2.45) is 5.92 Å². The molecule has 0 aliphatic heterocycles. The van der Waals surface area contributed by atoms with Crippen LogP contribution in [-0.4, -0.2) is 28.0 Å². The summed E-state index contributed by atoms with van der Waals surface area (Å²) in [7, 11) is 0. The number of ether oxygens (including phenoxy) is 1. The molecule has 1 aliphatic carbocycles. The van der Waals surface area contributed by atoms with Gasteiger partial charge in [0.05, 0.1) is 6.10 Å². The summed E-state index contributed by atoms with van der Waals surface area (Å²) in [5, 5.41) is 3.62. The molecule has 1 fully saturated rings. The van der Waals surface area contributed by atoms with Crippen molar-refractivity contribution in [3.8, 4) is 5.88 Å². The van der Waals surface area contributed by atoms with Crippen molar-refractivity contribution in [1.82, 2.24) is 9.97 Å². The first-order valence-corrected chi connectivity index (χ1v) is 7.45. The van der Waals surface area contributed by atoms with Gasteiger partial charge >= 0.3 is 0 Å². The minimum atomic E-state index is 0.123. The molecule has 1 aromatic heterocycles. The highest BCUT2D eigenvalue weighted by Crippen LogP contribution is 2.27. The number of aromatic nitrogens is 2. The van der Waals surface area contributed by atoms with Gasteiger partial charge < -0.3 is 10.1 Å². The van der Waals surface area contributed by atoms with Crippen LogP contribution in [0.15, 0.2) is 12.3 Å². The Morgan fingerprint density at radius 2 is 2.32 bits per heavy atom.